The molecule has 4 unspecified atom stereocenters. The van der Waals surface area contributed by atoms with E-state index in [-0.39, 0.29) is 0 Å². The van der Waals surface area contributed by atoms with Crippen molar-refractivity contribution in [3.05, 3.63) is 0 Å². The first-order chi connectivity index (χ1) is 9.22. The summed E-state index contributed by atoms with van der Waals surface area (Å²) < 4.78 is 5.69. The van der Waals surface area contributed by atoms with Gasteiger partial charge in [0.05, 0.1) is 13.2 Å². The van der Waals surface area contributed by atoms with Crippen molar-refractivity contribution < 1.29 is 4.74 Å². The lowest BCUT2D eigenvalue weighted by molar-refractivity contribution is 0.111. The summed E-state index contributed by atoms with van der Waals surface area (Å²) in [6.45, 7) is 8.81. The van der Waals surface area contributed by atoms with Crippen LogP contribution < -0.4 is 5.32 Å². The third kappa shape index (κ3) is 4.17. The van der Waals surface area contributed by atoms with E-state index < -0.39 is 0 Å². The molecule has 0 aromatic carbocycles. The molecule has 1 saturated heterocycles. The molecule has 0 spiro atoms. The molecular formula is C16H32N2O. The number of nitrogens with zero attached hydrogens (tertiary/aromatic N) is 1. The Balaban J connectivity index is 1.81. The highest BCUT2D eigenvalue weighted by atomic mass is 16.5. The second kappa shape index (κ2) is 7.61. The van der Waals surface area contributed by atoms with Crippen molar-refractivity contribution in [2.45, 2.75) is 58.0 Å². The quantitative estimate of drug-likeness (QED) is 0.801. The van der Waals surface area contributed by atoms with Gasteiger partial charge in [0.25, 0.3) is 0 Å². The van der Waals surface area contributed by atoms with Crippen LogP contribution in [0.25, 0.3) is 0 Å². The topological polar surface area (TPSA) is 24.5 Å². The fourth-order valence-corrected chi connectivity index (χ4v) is 3.79. The lowest BCUT2D eigenvalue weighted by Gasteiger charge is -2.38. The zero-order valence-electron chi connectivity index (χ0n) is 13.0. The number of rotatable bonds is 6. The van der Waals surface area contributed by atoms with Gasteiger partial charge in [-0.05, 0) is 38.8 Å². The van der Waals surface area contributed by atoms with Gasteiger partial charge in [-0.25, -0.2) is 0 Å². The highest BCUT2D eigenvalue weighted by Crippen LogP contribution is 2.28. The van der Waals surface area contributed by atoms with Crippen LogP contribution in [0.2, 0.25) is 0 Å². The van der Waals surface area contributed by atoms with Crippen LogP contribution in [-0.2, 0) is 4.74 Å². The van der Waals surface area contributed by atoms with E-state index in [9.17, 15) is 0 Å². The summed E-state index contributed by atoms with van der Waals surface area (Å²) in [5, 5.41) is 3.65. The molecular weight excluding hydrogens is 236 g/mol. The van der Waals surface area contributed by atoms with Crippen LogP contribution in [0.1, 0.15) is 46.0 Å². The van der Waals surface area contributed by atoms with Crippen LogP contribution in [0.4, 0.5) is 0 Å². The van der Waals surface area contributed by atoms with Gasteiger partial charge in [0.1, 0.15) is 0 Å². The minimum Gasteiger partial charge on any atom is -0.379 e. The van der Waals surface area contributed by atoms with Gasteiger partial charge in [-0.2, -0.15) is 0 Å². The van der Waals surface area contributed by atoms with Gasteiger partial charge in [-0.1, -0.05) is 26.7 Å². The van der Waals surface area contributed by atoms with Gasteiger partial charge in [-0.3, -0.25) is 0 Å². The number of ether oxygens (including phenoxy) is 1. The van der Waals surface area contributed by atoms with Gasteiger partial charge in [-0.15, -0.1) is 0 Å². The fourth-order valence-electron chi connectivity index (χ4n) is 3.79. The van der Waals surface area contributed by atoms with Crippen LogP contribution in [0, 0.1) is 11.8 Å². The molecule has 3 heteroatoms. The number of nitrogens with one attached hydrogen (secondary N) is 1. The summed E-state index contributed by atoms with van der Waals surface area (Å²) in [5.41, 5.74) is 0. The minimum absolute atomic E-state index is 0.571. The summed E-state index contributed by atoms with van der Waals surface area (Å²) in [6.07, 6.45) is 6.85. The zero-order valence-corrected chi connectivity index (χ0v) is 13.0. The van der Waals surface area contributed by atoms with E-state index >= 15 is 0 Å². The standard InChI is InChI=1S/C16H32N2O/c1-4-9-17-15-12-19-11-14(15)10-18(3)16-8-6-5-7-13(16)2/h13-17H,4-12H2,1-3H3. The van der Waals surface area contributed by atoms with E-state index in [0.717, 1.165) is 31.7 Å². The first-order valence-corrected chi connectivity index (χ1v) is 8.23. The van der Waals surface area contributed by atoms with Gasteiger partial charge >= 0.3 is 0 Å². The van der Waals surface area contributed by atoms with Crippen LogP contribution in [-0.4, -0.2) is 50.3 Å². The Kier molecular flexibility index (Phi) is 6.11. The smallest absolute Gasteiger partial charge is 0.0623 e. The Hall–Kier alpha value is -0.120. The van der Waals surface area contributed by atoms with E-state index in [0.29, 0.717) is 12.0 Å². The van der Waals surface area contributed by atoms with Crippen LogP contribution in [0.15, 0.2) is 0 Å². The molecule has 19 heavy (non-hydrogen) atoms. The summed E-state index contributed by atoms with van der Waals surface area (Å²) in [5.74, 6) is 1.54. The molecule has 112 valence electrons. The highest BCUT2D eigenvalue weighted by molar-refractivity contribution is 4.86. The second-order valence-electron chi connectivity index (χ2n) is 6.63. The maximum Gasteiger partial charge on any atom is 0.0623 e. The second-order valence-corrected chi connectivity index (χ2v) is 6.63. The maximum atomic E-state index is 5.69. The minimum atomic E-state index is 0.571. The van der Waals surface area contributed by atoms with Gasteiger partial charge < -0.3 is 15.0 Å². The maximum absolute atomic E-state index is 5.69. The molecule has 3 nitrogen and oxygen atoms in total. The molecule has 1 aliphatic heterocycles. The molecule has 0 bridgehead atoms. The van der Waals surface area contributed by atoms with E-state index in [2.05, 4.69) is 31.1 Å². The molecule has 1 aliphatic carbocycles. The van der Waals surface area contributed by atoms with Crippen LogP contribution in [0.5, 0.6) is 0 Å². The Morgan fingerprint density at radius 2 is 2.00 bits per heavy atom. The molecule has 2 aliphatic rings. The summed E-state index contributed by atoms with van der Waals surface area (Å²) in [6, 6.07) is 1.36. The summed E-state index contributed by atoms with van der Waals surface area (Å²) in [7, 11) is 2.32. The van der Waals surface area contributed by atoms with Gasteiger partial charge in [0.15, 0.2) is 0 Å². The molecule has 4 atom stereocenters. The fraction of sp³-hybridized carbons (Fsp3) is 1.00. The van der Waals surface area contributed by atoms with E-state index in [1.54, 1.807) is 0 Å². The average Bonchev–Trinajstić information content (AvgIpc) is 2.84. The van der Waals surface area contributed by atoms with Crippen molar-refractivity contribution in [3.63, 3.8) is 0 Å². The van der Waals surface area contributed by atoms with Crippen molar-refractivity contribution in [2.24, 2.45) is 11.8 Å². The van der Waals surface area contributed by atoms with Crippen LogP contribution in [0.3, 0.4) is 0 Å². The summed E-state index contributed by atoms with van der Waals surface area (Å²) in [4.78, 5) is 2.61. The molecule has 1 heterocycles. The average molecular weight is 268 g/mol. The molecule has 0 amide bonds. The molecule has 0 aromatic heterocycles. The van der Waals surface area contributed by atoms with Crippen molar-refractivity contribution in [2.75, 3.05) is 33.4 Å². The third-order valence-corrected chi connectivity index (χ3v) is 5.01. The SMILES string of the molecule is CCCNC1COCC1CN(C)C1CCCCC1C. The first kappa shape index (κ1) is 15.3. The number of hydrogen-bond acceptors (Lipinski definition) is 3. The molecule has 1 N–H and O–H groups in total. The summed E-state index contributed by atoms with van der Waals surface area (Å²) >= 11 is 0. The lowest BCUT2D eigenvalue weighted by atomic mass is 9.84. The van der Waals surface area contributed by atoms with Gasteiger partial charge in [0, 0.05) is 24.5 Å². The van der Waals surface area contributed by atoms with Crippen molar-refractivity contribution in [1.29, 1.82) is 0 Å². The monoisotopic (exact) mass is 268 g/mol. The Labute approximate surface area is 119 Å². The highest BCUT2D eigenvalue weighted by Gasteiger charge is 2.32. The van der Waals surface area contributed by atoms with Crippen LogP contribution >= 0.6 is 0 Å². The Bertz CT molecular complexity index is 259. The largest absolute Gasteiger partial charge is 0.379 e. The molecule has 0 radical (unpaired) electrons. The van der Waals surface area contributed by atoms with E-state index in [1.165, 1.54) is 38.6 Å². The van der Waals surface area contributed by atoms with E-state index in [1.807, 2.05) is 0 Å². The normalized spacial score (nSPS) is 36.0. The molecule has 2 fully saturated rings. The predicted octanol–water partition coefficient (Wildman–Crippen LogP) is 2.51. The Morgan fingerprint density at radius 3 is 2.74 bits per heavy atom. The van der Waals surface area contributed by atoms with Crippen molar-refractivity contribution >= 4 is 0 Å². The van der Waals surface area contributed by atoms with E-state index in [4.69, 9.17) is 4.74 Å². The molecule has 0 aromatic rings. The predicted molar refractivity (Wildman–Crippen MR) is 80.4 cm³/mol. The zero-order chi connectivity index (χ0) is 13.7. The first-order valence-electron chi connectivity index (χ1n) is 8.23. The third-order valence-electron chi connectivity index (χ3n) is 5.01. The Morgan fingerprint density at radius 1 is 1.21 bits per heavy atom. The van der Waals surface area contributed by atoms with Crippen molar-refractivity contribution in [3.8, 4) is 0 Å². The molecule has 1 saturated carbocycles. The van der Waals surface area contributed by atoms with Gasteiger partial charge in [0.2, 0.25) is 0 Å². The van der Waals surface area contributed by atoms with Crippen molar-refractivity contribution in [1.82, 2.24) is 10.2 Å². The lowest BCUT2D eigenvalue weighted by Crippen LogP contribution is -2.46. The number of hydrogen-bond donors (Lipinski definition) is 1. The molecule has 2 rings (SSSR count).